The van der Waals surface area contributed by atoms with Crippen LogP contribution in [0.5, 0.6) is 0 Å². The molecule has 0 aromatic heterocycles. The molecule has 0 N–H and O–H groups in total. The van der Waals surface area contributed by atoms with Crippen molar-refractivity contribution in [2.45, 2.75) is 0 Å². The van der Waals surface area contributed by atoms with Crippen LogP contribution in [0, 0.1) is 0 Å². The van der Waals surface area contributed by atoms with Crippen molar-refractivity contribution in [1.82, 2.24) is 0 Å². The van der Waals surface area contributed by atoms with Gasteiger partial charge in [-0.1, -0.05) is 0 Å². The third-order valence-electron chi connectivity index (χ3n) is 0. The van der Waals surface area contributed by atoms with Gasteiger partial charge in [-0.05, 0) is 0 Å². The number of halogens is 7. The first-order chi connectivity index (χ1) is 2.45. The number of rotatable bonds is 0. The van der Waals surface area contributed by atoms with Gasteiger partial charge in [0.15, 0.2) is 0 Å². The summed E-state index contributed by atoms with van der Waals surface area (Å²) in [5, 5.41) is 0. The molecule has 0 aliphatic rings. The summed E-state index contributed by atoms with van der Waals surface area (Å²) in [6.45, 7) is 0. The smallest absolute Gasteiger partial charge is 1.00 e. The van der Waals surface area contributed by atoms with Crippen LogP contribution in [0.4, 0.5) is 16.9 Å². The number of hydrogen-bond donors (Lipinski definition) is 0. The Bertz CT molecular complexity index is 67.1. The summed E-state index contributed by atoms with van der Waals surface area (Å²) in [5.74, 6) is 0. The van der Waals surface area contributed by atoms with Crippen LogP contribution in [-0.2, 0) is 0 Å². The topological polar surface area (TPSA) is 0 Å². The Morgan fingerprint density at radius 1 is 0.625 bits per heavy atom. The summed E-state index contributed by atoms with van der Waals surface area (Å²) in [7, 11) is 0. The Morgan fingerprint density at radius 3 is 0.625 bits per heavy atom. The van der Waals surface area contributed by atoms with Gasteiger partial charge in [-0.25, -0.2) is 0 Å². The maximum atomic E-state index is 9.93. The Kier molecular flexibility index (Phi) is 2.36. The van der Waals surface area contributed by atoms with E-state index in [0.29, 0.717) is 0 Å². The minimum absolute atomic E-state index is 0. The molecule has 8 heavy (non-hydrogen) atoms. The SMILES string of the molecule is [F][Sb-]([F])([F])([F])([F])[F].[I+]. The molecule has 8 heteroatoms. The summed E-state index contributed by atoms with van der Waals surface area (Å²) in [6, 6.07) is 0. The van der Waals surface area contributed by atoms with Gasteiger partial charge in [0.25, 0.3) is 0 Å². The molecule has 0 atom stereocenters. The molecular formula is F6ISb. The van der Waals surface area contributed by atoms with E-state index >= 15 is 0 Å². The standard InChI is InChI=1S/6FH.I.Sb/h6*1H;;/q;;;;;;+1;+5/p-6. The maximum Gasteiger partial charge on any atom is 1.00 e. The molecule has 0 aromatic carbocycles. The largest absolute Gasteiger partial charge is 1.00 e. The fraction of sp³-hybridized carbons (Fsp3) is 0. The summed E-state index contributed by atoms with van der Waals surface area (Å²) in [6.07, 6.45) is 0. The maximum absolute atomic E-state index is 11.2. The van der Waals surface area contributed by atoms with Crippen LogP contribution in [0.3, 0.4) is 0 Å². The molecule has 0 aliphatic carbocycles. The molecule has 0 saturated heterocycles. The Labute approximate surface area is 60.2 Å². The average Bonchev–Trinajstić information content (AvgIpc) is 0.592. The number of hydrogen-bond acceptors (Lipinski definition) is 0. The van der Waals surface area contributed by atoms with Gasteiger partial charge in [0.05, 0.1) is 0 Å². The Hall–Kier alpha value is 1.13. The average molecular weight is 363 g/mol. The zero-order chi connectivity index (χ0) is 6.41. The van der Waals surface area contributed by atoms with Crippen molar-refractivity contribution in [2.24, 2.45) is 0 Å². The zero-order valence-electron chi connectivity index (χ0n) is 3.09. The predicted octanol–water partition coefficient (Wildman–Crippen LogP) is -0.856. The van der Waals surface area contributed by atoms with Gasteiger partial charge in [-0.2, -0.15) is 0 Å². The van der Waals surface area contributed by atoms with Crippen LogP contribution in [0.25, 0.3) is 0 Å². The van der Waals surface area contributed by atoms with Crippen LogP contribution >= 0.6 is 0 Å². The fourth-order valence-electron chi connectivity index (χ4n) is 0. The normalized spacial score (nSPS) is 20.2. The first kappa shape index (κ1) is 11.9. The molecule has 2 radical (unpaired) electrons. The van der Waals surface area contributed by atoms with E-state index in [4.69, 9.17) is 0 Å². The minimum atomic E-state index is -11.2. The van der Waals surface area contributed by atoms with E-state index in [1.165, 1.54) is 0 Å². The minimum Gasteiger partial charge on any atom is 1.00 e. The molecule has 0 aliphatic heterocycles. The van der Waals surface area contributed by atoms with Crippen molar-refractivity contribution in [3.63, 3.8) is 0 Å². The second-order valence-corrected chi connectivity index (χ2v) is 6.43. The fourth-order valence-corrected chi connectivity index (χ4v) is 0. The van der Waals surface area contributed by atoms with Crippen molar-refractivity contribution >= 4 is 19.5 Å². The van der Waals surface area contributed by atoms with Crippen molar-refractivity contribution in [1.29, 1.82) is 0 Å². The third-order valence-corrected chi connectivity index (χ3v) is 0. The van der Waals surface area contributed by atoms with Crippen molar-refractivity contribution < 1.29 is 40.9 Å². The second-order valence-electron chi connectivity index (χ2n) is 0.958. The van der Waals surface area contributed by atoms with Gasteiger partial charge < -0.3 is 0 Å². The van der Waals surface area contributed by atoms with E-state index < -0.39 is 19.5 Å². The van der Waals surface area contributed by atoms with Crippen molar-refractivity contribution in [2.75, 3.05) is 0 Å². The van der Waals surface area contributed by atoms with E-state index in [0.717, 1.165) is 0 Å². The Balaban J connectivity index is 0. The van der Waals surface area contributed by atoms with Gasteiger partial charge in [0.2, 0.25) is 0 Å². The summed E-state index contributed by atoms with van der Waals surface area (Å²) in [4.78, 5) is 0. The first-order valence-corrected chi connectivity index (χ1v) is 6.80. The molecule has 0 rings (SSSR count). The molecule has 0 bridgehead atoms. The molecule has 0 unspecified atom stereocenters. The molecular weight excluding hydrogens is 363 g/mol. The van der Waals surface area contributed by atoms with Crippen LogP contribution in [0.15, 0.2) is 0 Å². The molecule has 0 fully saturated rings. The van der Waals surface area contributed by atoms with E-state index in [2.05, 4.69) is 0 Å². The van der Waals surface area contributed by atoms with E-state index in [1.807, 2.05) is 0 Å². The predicted molar refractivity (Wildman–Crippen MR) is 12.4 cm³/mol. The second kappa shape index (κ2) is 1.59. The van der Waals surface area contributed by atoms with Gasteiger partial charge >= 0.3 is 60.3 Å². The molecule has 0 saturated carbocycles. The molecule has 0 spiro atoms. The molecule has 0 aromatic rings. The van der Waals surface area contributed by atoms with E-state index in [9.17, 15) is 16.9 Å². The van der Waals surface area contributed by atoms with E-state index in [-0.39, 0.29) is 24.0 Å². The summed E-state index contributed by atoms with van der Waals surface area (Å²) in [5.41, 5.74) is 0. The Morgan fingerprint density at radius 2 is 0.625 bits per heavy atom. The van der Waals surface area contributed by atoms with Crippen LogP contribution < -0.4 is 24.0 Å². The first-order valence-electron chi connectivity index (χ1n) is 1.01. The van der Waals surface area contributed by atoms with Crippen LogP contribution in [0.2, 0.25) is 0 Å². The monoisotopic (exact) mass is 362 g/mol. The quantitative estimate of drug-likeness (QED) is 0.299. The summed E-state index contributed by atoms with van der Waals surface area (Å²) >= 11 is -11.2. The molecule has 0 amide bonds. The molecule has 0 heterocycles. The van der Waals surface area contributed by atoms with Gasteiger partial charge in [-0.3, -0.25) is 0 Å². The van der Waals surface area contributed by atoms with E-state index in [1.54, 1.807) is 0 Å². The molecule has 0 nitrogen and oxygen atoms in total. The van der Waals surface area contributed by atoms with Gasteiger partial charge in [-0.15, -0.1) is 0 Å². The zero-order valence-corrected chi connectivity index (χ0v) is 7.80. The van der Waals surface area contributed by atoms with Crippen LogP contribution in [-0.4, -0.2) is 19.5 Å². The molecule has 54 valence electrons. The van der Waals surface area contributed by atoms with Gasteiger partial charge in [0.1, 0.15) is 0 Å². The van der Waals surface area contributed by atoms with Gasteiger partial charge in [0, 0.05) is 0 Å². The van der Waals surface area contributed by atoms with Crippen molar-refractivity contribution in [3.8, 4) is 0 Å². The third kappa shape index (κ3) is 210. The van der Waals surface area contributed by atoms with Crippen LogP contribution in [0.1, 0.15) is 0 Å². The van der Waals surface area contributed by atoms with Crippen molar-refractivity contribution in [3.05, 3.63) is 0 Å². The summed E-state index contributed by atoms with van der Waals surface area (Å²) < 4.78 is 59.6.